The monoisotopic (exact) mass is 263 g/mol. The molecule has 1 N–H and O–H groups in total. The second kappa shape index (κ2) is 4.33. The van der Waals surface area contributed by atoms with Gasteiger partial charge in [0.05, 0.1) is 11.4 Å². The third-order valence-corrected chi connectivity index (χ3v) is 3.22. The number of aromatic nitrogens is 2. The standard InChI is InChI=1S/C14H15F2N3/c1-8-5-12(16)13(6-11(8)15)19-7-9(2)17-14(19)18-10-3-4-10/h5-7,10H,3-4H2,1-2H3,(H,17,18). The summed E-state index contributed by atoms with van der Waals surface area (Å²) in [6, 6.07) is 2.82. The van der Waals surface area contributed by atoms with E-state index in [0.29, 0.717) is 17.6 Å². The van der Waals surface area contributed by atoms with Crippen molar-refractivity contribution in [1.29, 1.82) is 0 Å². The first-order valence-electron chi connectivity index (χ1n) is 6.33. The molecule has 1 heterocycles. The number of hydrogen-bond acceptors (Lipinski definition) is 2. The van der Waals surface area contributed by atoms with Crippen LogP contribution in [0.15, 0.2) is 18.3 Å². The smallest absolute Gasteiger partial charge is 0.208 e. The van der Waals surface area contributed by atoms with Gasteiger partial charge in [-0.2, -0.15) is 0 Å². The van der Waals surface area contributed by atoms with Crippen molar-refractivity contribution in [3.8, 4) is 5.69 Å². The summed E-state index contributed by atoms with van der Waals surface area (Å²) in [5.74, 6) is -0.294. The van der Waals surface area contributed by atoms with Crippen molar-refractivity contribution in [2.24, 2.45) is 0 Å². The Balaban J connectivity index is 2.07. The van der Waals surface area contributed by atoms with Crippen LogP contribution in [0.25, 0.3) is 5.69 Å². The molecule has 3 nitrogen and oxygen atoms in total. The van der Waals surface area contributed by atoms with Crippen molar-refractivity contribution in [2.45, 2.75) is 32.7 Å². The van der Waals surface area contributed by atoms with E-state index in [2.05, 4.69) is 10.3 Å². The molecule has 1 aliphatic rings. The van der Waals surface area contributed by atoms with E-state index in [1.165, 1.54) is 12.1 Å². The Kier molecular flexibility index (Phi) is 2.77. The highest BCUT2D eigenvalue weighted by Crippen LogP contribution is 2.27. The van der Waals surface area contributed by atoms with Crippen molar-refractivity contribution in [3.63, 3.8) is 0 Å². The van der Waals surface area contributed by atoms with Crippen molar-refractivity contribution in [3.05, 3.63) is 41.2 Å². The maximum Gasteiger partial charge on any atom is 0.208 e. The van der Waals surface area contributed by atoms with Crippen LogP contribution in [-0.4, -0.2) is 15.6 Å². The van der Waals surface area contributed by atoms with Crippen LogP contribution in [0.4, 0.5) is 14.7 Å². The molecule has 3 rings (SSSR count). The molecule has 0 saturated heterocycles. The number of imidazole rings is 1. The molecule has 1 fully saturated rings. The molecule has 2 aromatic rings. The summed E-state index contributed by atoms with van der Waals surface area (Å²) in [6.45, 7) is 3.38. The summed E-state index contributed by atoms with van der Waals surface area (Å²) < 4.78 is 29.2. The van der Waals surface area contributed by atoms with Crippen molar-refractivity contribution in [1.82, 2.24) is 9.55 Å². The van der Waals surface area contributed by atoms with Crippen LogP contribution in [0.1, 0.15) is 24.1 Å². The molecule has 0 amide bonds. The Morgan fingerprint density at radius 2 is 1.95 bits per heavy atom. The maximum absolute atomic E-state index is 14.0. The van der Waals surface area contributed by atoms with Crippen LogP contribution < -0.4 is 5.32 Å². The number of anilines is 1. The number of halogens is 2. The van der Waals surface area contributed by atoms with Gasteiger partial charge in [0.2, 0.25) is 5.95 Å². The van der Waals surface area contributed by atoms with Gasteiger partial charge in [0.25, 0.3) is 0 Å². The molecule has 0 bridgehead atoms. The molecule has 19 heavy (non-hydrogen) atoms. The van der Waals surface area contributed by atoms with E-state index in [1.54, 1.807) is 17.7 Å². The Hall–Kier alpha value is -1.91. The third kappa shape index (κ3) is 2.32. The van der Waals surface area contributed by atoms with E-state index >= 15 is 0 Å². The Morgan fingerprint density at radius 3 is 2.63 bits per heavy atom. The lowest BCUT2D eigenvalue weighted by molar-refractivity contribution is 0.585. The first-order chi connectivity index (χ1) is 9.04. The van der Waals surface area contributed by atoms with Crippen LogP contribution in [0.5, 0.6) is 0 Å². The number of nitrogens with one attached hydrogen (secondary N) is 1. The number of benzene rings is 1. The predicted molar refractivity (Wildman–Crippen MR) is 69.6 cm³/mol. The van der Waals surface area contributed by atoms with Crippen molar-refractivity contribution < 1.29 is 8.78 Å². The normalized spacial score (nSPS) is 14.7. The number of aryl methyl sites for hydroxylation is 2. The predicted octanol–water partition coefficient (Wildman–Crippen LogP) is 3.34. The number of hydrogen-bond donors (Lipinski definition) is 1. The summed E-state index contributed by atoms with van der Waals surface area (Å²) in [7, 11) is 0. The highest BCUT2D eigenvalue weighted by molar-refractivity contribution is 5.46. The molecule has 0 radical (unpaired) electrons. The topological polar surface area (TPSA) is 29.9 Å². The van der Waals surface area contributed by atoms with Crippen LogP contribution in [-0.2, 0) is 0 Å². The molecule has 1 aromatic heterocycles. The summed E-state index contributed by atoms with van der Waals surface area (Å²) >= 11 is 0. The van der Waals surface area contributed by atoms with E-state index in [1.807, 2.05) is 6.92 Å². The van der Waals surface area contributed by atoms with E-state index in [0.717, 1.165) is 18.5 Å². The fourth-order valence-electron chi connectivity index (χ4n) is 2.01. The van der Waals surface area contributed by atoms with Gasteiger partial charge in [0.15, 0.2) is 0 Å². The van der Waals surface area contributed by atoms with Crippen molar-refractivity contribution in [2.75, 3.05) is 5.32 Å². The highest BCUT2D eigenvalue weighted by atomic mass is 19.1. The summed E-state index contributed by atoms with van der Waals surface area (Å²) in [5.41, 5.74) is 1.25. The van der Waals surface area contributed by atoms with Crippen LogP contribution >= 0.6 is 0 Å². The second-order valence-electron chi connectivity index (χ2n) is 5.05. The van der Waals surface area contributed by atoms with Crippen LogP contribution in [0, 0.1) is 25.5 Å². The molecule has 0 spiro atoms. The van der Waals surface area contributed by atoms with Gasteiger partial charge in [-0.25, -0.2) is 13.8 Å². The second-order valence-corrected chi connectivity index (χ2v) is 5.05. The van der Waals surface area contributed by atoms with Gasteiger partial charge in [-0.1, -0.05) is 0 Å². The zero-order chi connectivity index (χ0) is 13.6. The molecule has 1 aliphatic carbocycles. The van der Waals surface area contributed by atoms with Gasteiger partial charge in [-0.15, -0.1) is 0 Å². The van der Waals surface area contributed by atoms with Gasteiger partial charge in [0.1, 0.15) is 11.6 Å². The lowest BCUT2D eigenvalue weighted by atomic mass is 10.2. The molecule has 1 saturated carbocycles. The van der Waals surface area contributed by atoms with E-state index in [-0.39, 0.29) is 5.69 Å². The molecule has 1 aromatic carbocycles. The SMILES string of the molecule is Cc1cn(-c2cc(F)c(C)cc2F)c(NC2CC2)n1. The first kappa shape index (κ1) is 12.1. The van der Waals surface area contributed by atoms with Crippen LogP contribution in [0.2, 0.25) is 0 Å². The van der Waals surface area contributed by atoms with E-state index in [9.17, 15) is 8.78 Å². The largest absolute Gasteiger partial charge is 0.353 e. The van der Waals surface area contributed by atoms with E-state index in [4.69, 9.17) is 0 Å². The minimum Gasteiger partial charge on any atom is -0.353 e. The highest BCUT2D eigenvalue weighted by Gasteiger charge is 2.24. The van der Waals surface area contributed by atoms with Crippen LogP contribution in [0.3, 0.4) is 0 Å². The fourth-order valence-corrected chi connectivity index (χ4v) is 2.01. The summed E-state index contributed by atoms with van der Waals surface area (Å²) in [5, 5.41) is 3.23. The average Bonchev–Trinajstić information content (AvgIpc) is 3.07. The fraction of sp³-hybridized carbons (Fsp3) is 0.357. The van der Waals surface area contributed by atoms with Gasteiger partial charge in [-0.05, 0) is 38.3 Å². The molecule has 0 unspecified atom stereocenters. The average molecular weight is 263 g/mol. The lowest BCUT2D eigenvalue weighted by Gasteiger charge is -2.11. The maximum atomic E-state index is 14.0. The zero-order valence-electron chi connectivity index (χ0n) is 10.9. The van der Waals surface area contributed by atoms with Gasteiger partial charge in [0, 0.05) is 18.3 Å². The summed E-state index contributed by atoms with van der Waals surface area (Å²) in [6.07, 6.45) is 3.89. The van der Waals surface area contributed by atoms with Gasteiger partial charge in [-0.3, -0.25) is 4.57 Å². The molecule has 100 valence electrons. The van der Waals surface area contributed by atoms with Crippen molar-refractivity contribution >= 4 is 5.95 Å². The van der Waals surface area contributed by atoms with Gasteiger partial charge >= 0.3 is 0 Å². The molecule has 5 heteroatoms. The molecular formula is C14H15F2N3. The Labute approximate surface area is 110 Å². The zero-order valence-corrected chi connectivity index (χ0v) is 10.9. The Bertz CT molecular complexity index is 630. The lowest BCUT2D eigenvalue weighted by Crippen LogP contribution is -2.09. The number of rotatable bonds is 3. The Morgan fingerprint density at radius 1 is 1.21 bits per heavy atom. The molecule has 0 atom stereocenters. The first-order valence-corrected chi connectivity index (χ1v) is 6.33. The van der Waals surface area contributed by atoms with Gasteiger partial charge < -0.3 is 5.32 Å². The third-order valence-electron chi connectivity index (χ3n) is 3.22. The molecule has 0 aliphatic heterocycles. The minimum absolute atomic E-state index is 0.187. The van der Waals surface area contributed by atoms with E-state index < -0.39 is 11.6 Å². The molecular weight excluding hydrogens is 248 g/mol. The summed E-state index contributed by atoms with van der Waals surface area (Å²) in [4.78, 5) is 4.32. The number of nitrogens with zero attached hydrogens (tertiary/aromatic N) is 2. The minimum atomic E-state index is -0.449. The quantitative estimate of drug-likeness (QED) is 0.920.